The van der Waals surface area contributed by atoms with E-state index in [-0.39, 0.29) is 10.6 Å². The molecule has 0 aliphatic heterocycles. The van der Waals surface area contributed by atoms with E-state index in [1.54, 1.807) is 6.07 Å². The largest absolute Gasteiger partial charge is 0.310 e. The van der Waals surface area contributed by atoms with Crippen molar-refractivity contribution in [1.29, 1.82) is 0 Å². The highest BCUT2D eigenvalue weighted by Crippen LogP contribution is 2.28. The van der Waals surface area contributed by atoms with Gasteiger partial charge in [-0.25, -0.2) is 0 Å². The first-order valence-electron chi connectivity index (χ1n) is 6.07. The van der Waals surface area contributed by atoms with Crippen LogP contribution in [0.1, 0.15) is 32.8 Å². The molecule has 0 spiro atoms. The number of rotatable bonds is 6. The summed E-state index contributed by atoms with van der Waals surface area (Å²) < 4.78 is 0.569. The van der Waals surface area contributed by atoms with Crippen LogP contribution in [-0.4, -0.2) is 11.0 Å². The van der Waals surface area contributed by atoms with E-state index >= 15 is 0 Å². The Bertz CT molecular complexity index is 421. The molecule has 0 heterocycles. The van der Waals surface area contributed by atoms with Crippen LogP contribution in [0.4, 0.5) is 5.69 Å². The van der Waals surface area contributed by atoms with Gasteiger partial charge >= 0.3 is 0 Å². The van der Waals surface area contributed by atoms with E-state index in [4.69, 9.17) is 0 Å². The standard InChI is InChI=1S/C13H19BrN2O2/c1-9(2)7-10(3)15-8-11-5-4-6-12(13(11)14)16(17)18/h4-6,9-10,15H,7-8H2,1-3H3. The molecule has 0 aliphatic rings. The molecule has 0 fully saturated rings. The third-order valence-electron chi connectivity index (χ3n) is 2.72. The zero-order valence-corrected chi connectivity index (χ0v) is 12.5. The third kappa shape index (κ3) is 4.38. The van der Waals surface area contributed by atoms with Crippen LogP contribution in [0.5, 0.6) is 0 Å². The maximum absolute atomic E-state index is 10.8. The first-order valence-corrected chi connectivity index (χ1v) is 6.86. The summed E-state index contributed by atoms with van der Waals surface area (Å²) in [5, 5.41) is 14.2. The average Bonchev–Trinajstić information content (AvgIpc) is 2.26. The summed E-state index contributed by atoms with van der Waals surface area (Å²) in [5.74, 6) is 0.640. The number of benzene rings is 1. The highest BCUT2D eigenvalue weighted by Gasteiger charge is 2.15. The van der Waals surface area contributed by atoms with E-state index in [0.717, 1.165) is 12.0 Å². The van der Waals surface area contributed by atoms with Gasteiger partial charge in [-0.05, 0) is 40.8 Å². The normalized spacial score (nSPS) is 12.7. The molecule has 100 valence electrons. The second-order valence-electron chi connectivity index (χ2n) is 4.92. The van der Waals surface area contributed by atoms with Crippen LogP contribution in [0.25, 0.3) is 0 Å². The molecular formula is C13H19BrN2O2. The predicted molar refractivity (Wildman–Crippen MR) is 76.6 cm³/mol. The Labute approximate surface area is 116 Å². The van der Waals surface area contributed by atoms with E-state index in [2.05, 4.69) is 42.0 Å². The SMILES string of the molecule is CC(C)CC(C)NCc1cccc([N+](=O)[O-])c1Br. The summed E-state index contributed by atoms with van der Waals surface area (Å²) in [6.45, 7) is 7.13. The van der Waals surface area contributed by atoms with Gasteiger partial charge in [0, 0.05) is 18.7 Å². The molecule has 0 bridgehead atoms. The van der Waals surface area contributed by atoms with E-state index < -0.39 is 0 Å². The lowest BCUT2D eigenvalue weighted by Crippen LogP contribution is -2.27. The Hall–Kier alpha value is -0.940. The number of hydrogen-bond acceptors (Lipinski definition) is 3. The van der Waals surface area contributed by atoms with Crippen LogP contribution in [-0.2, 0) is 6.54 Å². The van der Waals surface area contributed by atoms with Gasteiger partial charge in [0.2, 0.25) is 0 Å². The minimum Gasteiger partial charge on any atom is -0.310 e. The summed E-state index contributed by atoms with van der Waals surface area (Å²) in [6, 6.07) is 5.51. The van der Waals surface area contributed by atoms with Crippen molar-refractivity contribution in [1.82, 2.24) is 5.32 Å². The van der Waals surface area contributed by atoms with Crippen LogP contribution in [0.3, 0.4) is 0 Å². The summed E-state index contributed by atoms with van der Waals surface area (Å²) in [5.41, 5.74) is 1.03. The maximum Gasteiger partial charge on any atom is 0.283 e. The first kappa shape index (κ1) is 15.1. The van der Waals surface area contributed by atoms with Crippen molar-refractivity contribution < 1.29 is 4.92 Å². The molecule has 4 nitrogen and oxygen atoms in total. The van der Waals surface area contributed by atoms with Crippen LogP contribution < -0.4 is 5.32 Å². The van der Waals surface area contributed by atoms with Crippen LogP contribution in [0, 0.1) is 16.0 Å². The molecule has 0 saturated carbocycles. The van der Waals surface area contributed by atoms with Crippen molar-refractivity contribution in [2.45, 2.75) is 39.8 Å². The number of halogens is 1. The maximum atomic E-state index is 10.8. The van der Waals surface area contributed by atoms with Gasteiger partial charge in [0.15, 0.2) is 0 Å². The second kappa shape index (κ2) is 6.85. The molecule has 0 aromatic heterocycles. The lowest BCUT2D eigenvalue weighted by Gasteiger charge is -2.16. The molecule has 1 N–H and O–H groups in total. The Morgan fingerprint density at radius 1 is 1.39 bits per heavy atom. The Kier molecular flexibility index (Phi) is 5.75. The Morgan fingerprint density at radius 3 is 2.61 bits per heavy atom. The second-order valence-corrected chi connectivity index (χ2v) is 5.71. The monoisotopic (exact) mass is 314 g/mol. The number of hydrogen-bond donors (Lipinski definition) is 1. The Balaban J connectivity index is 2.68. The van der Waals surface area contributed by atoms with Crippen molar-refractivity contribution in [3.8, 4) is 0 Å². The molecule has 1 rings (SSSR count). The number of nitrogens with zero attached hydrogens (tertiary/aromatic N) is 1. The molecule has 1 aromatic carbocycles. The van der Waals surface area contributed by atoms with Crippen LogP contribution in [0.15, 0.2) is 22.7 Å². The van der Waals surface area contributed by atoms with E-state index in [9.17, 15) is 10.1 Å². The molecular weight excluding hydrogens is 296 g/mol. The molecule has 0 aliphatic carbocycles. The van der Waals surface area contributed by atoms with Gasteiger partial charge in [0.1, 0.15) is 0 Å². The molecule has 1 unspecified atom stereocenters. The van der Waals surface area contributed by atoms with Gasteiger partial charge in [-0.3, -0.25) is 10.1 Å². The topological polar surface area (TPSA) is 55.2 Å². The molecule has 0 saturated heterocycles. The van der Waals surface area contributed by atoms with Gasteiger partial charge in [-0.1, -0.05) is 26.0 Å². The lowest BCUT2D eigenvalue weighted by atomic mass is 10.0. The highest BCUT2D eigenvalue weighted by atomic mass is 79.9. The molecule has 1 aromatic rings. The Morgan fingerprint density at radius 2 is 2.06 bits per heavy atom. The number of nitrogens with one attached hydrogen (secondary N) is 1. The van der Waals surface area contributed by atoms with Gasteiger partial charge in [-0.15, -0.1) is 0 Å². The lowest BCUT2D eigenvalue weighted by molar-refractivity contribution is -0.385. The minimum atomic E-state index is -0.370. The zero-order chi connectivity index (χ0) is 13.7. The van der Waals surface area contributed by atoms with Gasteiger partial charge in [-0.2, -0.15) is 0 Å². The fourth-order valence-corrected chi connectivity index (χ4v) is 2.47. The molecule has 5 heteroatoms. The summed E-state index contributed by atoms with van der Waals surface area (Å²) >= 11 is 3.30. The van der Waals surface area contributed by atoms with E-state index in [0.29, 0.717) is 23.0 Å². The predicted octanol–water partition coefficient (Wildman–Crippen LogP) is 3.88. The molecule has 18 heavy (non-hydrogen) atoms. The van der Waals surface area contributed by atoms with Crippen molar-refractivity contribution in [3.63, 3.8) is 0 Å². The van der Waals surface area contributed by atoms with Crippen molar-refractivity contribution >= 4 is 21.6 Å². The number of nitro groups is 1. The van der Waals surface area contributed by atoms with E-state index in [1.807, 2.05) is 6.07 Å². The molecule has 0 amide bonds. The van der Waals surface area contributed by atoms with Crippen LogP contribution in [0.2, 0.25) is 0 Å². The van der Waals surface area contributed by atoms with Gasteiger partial charge in [0.25, 0.3) is 5.69 Å². The third-order valence-corrected chi connectivity index (χ3v) is 3.64. The number of nitro benzene ring substituents is 1. The fraction of sp³-hybridized carbons (Fsp3) is 0.538. The van der Waals surface area contributed by atoms with E-state index in [1.165, 1.54) is 6.07 Å². The summed E-state index contributed by atoms with van der Waals surface area (Å²) in [4.78, 5) is 10.4. The highest BCUT2D eigenvalue weighted by molar-refractivity contribution is 9.10. The van der Waals surface area contributed by atoms with Crippen molar-refractivity contribution in [2.75, 3.05) is 0 Å². The van der Waals surface area contributed by atoms with Gasteiger partial charge in [0.05, 0.1) is 9.40 Å². The molecule has 0 radical (unpaired) electrons. The quantitative estimate of drug-likeness (QED) is 0.640. The van der Waals surface area contributed by atoms with Crippen LogP contribution >= 0.6 is 15.9 Å². The first-order chi connectivity index (χ1) is 8.41. The van der Waals surface area contributed by atoms with Crippen molar-refractivity contribution in [3.05, 3.63) is 38.3 Å². The minimum absolute atomic E-state index is 0.116. The summed E-state index contributed by atoms with van der Waals surface area (Å²) in [7, 11) is 0. The zero-order valence-electron chi connectivity index (χ0n) is 10.9. The molecule has 1 atom stereocenters. The average molecular weight is 315 g/mol. The van der Waals surface area contributed by atoms with Gasteiger partial charge < -0.3 is 5.32 Å². The summed E-state index contributed by atoms with van der Waals surface area (Å²) in [6.07, 6.45) is 1.09. The fourth-order valence-electron chi connectivity index (χ4n) is 1.92. The van der Waals surface area contributed by atoms with Crippen molar-refractivity contribution in [2.24, 2.45) is 5.92 Å². The smallest absolute Gasteiger partial charge is 0.283 e.